The number of amides is 1. The average molecular weight is 430 g/mol. The number of methoxy groups -OCH3 is 2. The predicted molar refractivity (Wildman–Crippen MR) is 126 cm³/mol. The van der Waals surface area contributed by atoms with Gasteiger partial charge in [0, 0.05) is 31.8 Å². The van der Waals surface area contributed by atoms with Gasteiger partial charge in [0.15, 0.2) is 0 Å². The van der Waals surface area contributed by atoms with Crippen LogP contribution in [-0.4, -0.2) is 42.7 Å². The number of nitrogens with zero attached hydrogens (tertiary/aromatic N) is 2. The van der Waals surface area contributed by atoms with Crippen molar-refractivity contribution in [3.63, 3.8) is 0 Å². The van der Waals surface area contributed by atoms with Crippen molar-refractivity contribution in [2.24, 2.45) is 0 Å². The Kier molecular flexibility index (Phi) is 6.82. The Morgan fingerprint density at radius 1 is 0.969 bits per heavy atom. The molecule has 2 aromatic heterocycles. The van der Waals surface area contributed by atoms with E-state index >= 15 is 0 Å². The van der Waals surface area contributed by atoms with E-state index in [9.17, 15) is 4.79 Å². The summed E-state index contributed by atoms with van der Waals surface area (Å²) in [6.45, 7) is 1.00. The lowest BCUT2D eigenvalue weighted by atomic mass is 10.1. The SMILES string of the molecule is COCCNC(=O)CCc1c(-c2cccc(OC)c2)nc2ccc(-c3ccccc3)cn12. The van der Waals surface area contributed by atoms with Crippen LogP contribution >= 0.6 is 0 Å². The van der Waals surface area contributed by atoms with Crippen molar-refractivity contribution in [2.75, 3.05) is 27.4 Å². The number of carbonyl (C=O) groups is 1. The zero-order valence-corrected chi connectivity index (χ0v) is 18.4. The minimum atomic E-state index is -0.00666. The average Bonchev–Trinajstić information content (AvgIpc) is 3.21. The smallest absolute Gasteiger partial charge is 0.220 e. The number of benzene rings is 2. The number of nitrogens with one attached hydrogen (secondary N) is 1. The van der Waals surface area contributed by atoms with E-state index in [4.69, 9.17) is 14.5 Å². The summed E-state index contributed by atoms with van der Waals surface area (Å²) in [5, 5.41) is 2.90. The summed E-state index contributed by atoms with van der Waals surface area (Å²) in [6.07, 6.45) is 3.02. The Bertz CT molecular complexity index is 1200. The minimum Gasteiger partial charge on any atom is -0.497 e. The molecule has 164 valence electrons. The summed E-state index contributed by atoms with van der Waals surface area (Å²) in [5.41, 5.74) is 5.89. The van der Waals surface area contributed by atoms with Gasteiger partial charge in [-0.05, 0) is 41.8 Å². The van der Waals surface area contributed by atoms with E-state index in [2.05, 4.69) is 34.1 Å². The lowest BCUT2D eigenvalue weighted by molar-refractivity contribution is -0.121. The zero-order chi connectivity index (χ0) is 22.3. The molecule has 0 aliphatic rings. The second-order valence-corrected chi connectivity index (χ2v) is 7.49. The molecule has 0 fully saturated rings. The molecule has 0 radical (unpaired) electrons. The number of fused-ring (bicyclic) bond motifs is 1. The van der Waals surface area contributed by atoms with E-state index in [1.807, 2.05) is 48.5 Å². The largest absolute Gasteiger partial charge is 0.497 e. The van der Waals surface area contributed by atoms with Gasteiger partial charge in [-0.25, -0.2) is 4.98 Å². The summed E-state index contributed by atoms with van der Waals surface area (Å²) in [5.74, 6) is 0.764. The highest BCUT2D eigenvalue weighted by Gasteiger charge is 2.16. The van der Waals surface area contributed by atoms with Gasteiger partial charge in [-0.15, -0.1) is 0 Å². The highest BCUT2D eigenvalue weighted by molar-refractivity contribution is 5.77. The van der Waals surface area contributed by atoms with Gasteiger partial charge in [0.2, 0.25) is 5.91 Å². The maximum atomic E-state index is 12.4. The Labute approximate surface area is 187 Å². The zero-order valence-electron chi connectivity index (χ0n) is 18.4. The van der Waals surface area contributed by atoms with E-state index < -0.39 is 0 Å². The number of hydrogen-bond acceptors (Lipinski definition) is 4. The summed E-state index contributed by atoms with van der Waals surface area (Å²) in [4.78, 5) is 17.3. The first-order valence-corrected chi connectivity index (χ1v) is 10.7. The molecule has 0 saturated heterocycles. The molecule has 0 aliphatic heterocycles. The standard InChI is InChI=1S/C26H27N3O3/c1-31-16-15-27-25(30)14-12-23-26(20-9-6-10-22(17-20)32-2)28-24-13-11-21(18-29(23)24)19-7-4-3-5-8-19/h3-11,13,17-18H,12,14-16H2,1-2H3,(H,27,30). The van der Waals surface area contributed by atoms with Gasteiger partial charge in [-0.1, -0.05) is 42.5 Å². The van der Waals surface area contributed by atoms with E-state index in [1.54, 1.807) is 14.2 Å². The molecule has 0 spiro atoms. The molecule has 6 heteroatoms. The monoisotopic (exact) mass is 429 g/mol. The minimum absolute atomic E-state index is 0.00666. The number of aromatic nitrogens is 2. The molecular formula is C26H27N3O3. The fourth-order valence-corrected chi connectivity index (χ4v) is 3.75. The summed E-state index contributed by atoms with van der Waals surface area (Å²) >= 11 is 0. The normalized spacial score (nSPS) is 10.9. The van der Waals surface area contributed by atoms with Gasteiger partial charge < -0.3 is 19.2 Å². The van der Waals surface area contributed by atoms with Crippen LogP contribution in [0.25, 0.3) is 28.0 Å². The summed E-state index contributed by atoms with van der Waals surface area (Å²) in [6, 6.07) is 22.2. The maximum Gasteiger partial charge on any atom is 0.220 e. The molecule has 4 aromatic rings. The van der Waals surface area contributed by atoms with Crippen LogP contribution in [0.3, 0.4) is 0 Å². The van der Waals surface area contributed by atoms with Crippen LogP contribution in [0.5, 0.6) is 5.75 Å². The van der Waals surface area contributed by atoms with Crippen LogP contribution in [0, 0.1) is 0 Å². The van der Waals surface area contributed by atoms with Crippen molar-refractivity contribution in [3.8, 4) is 28.1 Å². The third-order valence-electron chi connectivity index (χ3n) is 5.38. The van der Waals surface area contributed by atoms with Gasteiger partial charge in [0.05, 0.1) is 25.1 Å². The van der Waals surface area contributed by atoms with Gasteiger partial charge >= 0.3 is 0 Å². The molecule has 1 N–H and O–H groups in total. The quantitative estimate of drug-likeness (QED) is 0.401. The molecule has 0 atom stereocenters. The number of carbonyl (C=O) groups excluding carboxylic acids is 1. The fraction of sp³-hybridized carbons (Fsp3) is 0.231. The van der Waals surface area contributed by atoms with Crippen LogP contribution in [0.15, 0.2) is 72.9 Å². The van der Waals surface area contributed by atoms with E-state index in [0.29, 0.717) is 26.0 Å². The first-order valence-electron chi connectivity index (χ1n) is 10.7. The van der Waals surface area contributed by atoms with Crippen LogP contribution < -0.4 is 10.1 Å². The summed E-state index contributed by atoms with van der Waals surface area (Å²) < 4.78 is 12.5. The second kappa shape index (κ2) is 10.1. The van der Waals surface area contributed by atoms with Crippen molar-refractivity contribution in [2.45, 2.75) is 12.8 Å². The van der Waals surface area contributed by atoms with Crippen LogP contribution in [0.2, 0.25) is 0 Å². The highest BCUT2D eigenvalue weighted by Crippen LogP contribution is 2.30. The van der Waals surface area contributed by atoms with Crippen molar-refractivity contribution >= 4 is 11.6 Å². The van der Waals surface area contributed by atoms with Crippen LogP contribution in [0.4, 0.5) is 0 Å². The predicted octanol–water partition coefficient (Wildman–Crippen LogP) is 4.37. The van der Waals surface area contributed by atoms with Crippen molar-refractivity contribution in [1.29, 1.82) is 0 Å². The third-order valence-corrected chi connectivity index (χ3v) is 5.38. The molecule has 0 saturated carbocycles. The van der Waals surface area contributed by atoms with Crippen LogP contribution in [-0.2, 0) is 16.0 Å². The van der Waals surface area contributed by atoms with Gasteiger partial charge in [-0.2, -0.15) is 0 Å². The lowest BCUT2D eigenvalue weighted by Gasteiger charge is -2.09. The number of aryl methyl sites for hydroxylation is 1. The number of imidazole rings is 1. The molecular weight excluding hydrogens is 402 g/mol. The molecule has 2 aromatic carbocycles. The first kappa shape index (κ1) is 21.6. The molecule has 6 nitrogen and oxygen atoms in total. The third kappa shape index (κ3) is 4.81. The topological polar surface area (TPSA) is 64.9 Å². The molecule has 0 aliphatic carbocycles. The van der Waals surface area contributed by atoms with Gasteiger partial charge in [0.25, 0.3) is 0 Å². The molecule has 0 bridgehead atoms. The molecule has 0 unspecified atom stereocenters. The molecule has 4 rings (SSSR count). The Morgan fingerprint density at radius 2 is 1.78 bits per heavy atom. The van der Waals surface area contributed by atoms with Gasteiger partial charge in [0.1, 0.15) is 11.4 Å². The maximum absolute atomic E-state index is 12.4. The van der Waals surface area contributed by atoms with Crippen molar-refractivity contribution in [1.82, 2.24) is 14.7 Å². The van der Waals surface area contributed by atoms with E-state index in [0.717, 1.165) is 39.5 Å². The second-order valence-electron chi connectivity index (χ2n) is 7.49. The summed E-state index contributed by atoms with van der Waals surface area (Å²) in [7, 11) is 3.27. The number of hydrogen-bond donors (Lipinski definition) is 1. The fourth-order valence-electron chi connectivity index (χ4n) is 3.75. The molecule has 32 heavy (non-hydrogen) atoms. The number of pyridine rings is 1. The lowest BCUT2D eigenvalue weighted by Crippen LogP contribution is -2.27. The van der Waals surface area contributed by atoms with Crippen molar-refractivity contribution in [3.05, 3.63) is 78.6 Å². The van der Waals surface area contributed by atoms with Crippen LogP contribution in [0.1, 0.15) is 12.1 Å². The van der Waals surface area contributed by atoms with Gasteiger partial charge in [-0.3, -0.25) is 4.79 Å². The molecule has 1 amide bonds. The number of rotatable bonds is 9. The Hall–Kier alpha value is -3.64. The molecule has 2 heterocycles. The number of ether oxygens (including phenoxy) is 2. The Morgan fingerprint density at radius 3 is 2.56 bits per heavy atom. The first-order chi connectivity index (χ1) is 15.7. The van der Waals surface area contributed by atoms with E-state index in [1.165, 1.54) is 0 Å². The Balaban J connectivity index is 1.73. The van der Waals surface area contributed by atoms with E-state index in [-0.39, 0.29) is 5.91 Å². The van der Waals surface area contributed by atoms with Crippen molar-refractivity contribution < 1.29 is 14.3 Å². The highest BCUT2D eigenvalue weighted by atomic mass is 16.5.